The minimum atomic E-state index is -0.985. The Hall–Kier alpha value is -2.56. The fourth-order valence-electron chi connectivity index (χ4n) is 2.23. The first kappa shape index (κ1) is 15.8. The van der Waals surface area contributed by atoms with Crippen molar-refractivity contribution in [1.82, 2.24) is 0 Å². The molecule has 0 heterocycles. The van der Waals surface area contributed by atoms with E-state index in [0.29, 0.717) is 0 Å². The molecule has 1 N–H and O–H groups in total. The van der Waals surface area contributed by atoms with Crippen LogP contribution in [0.25, 0.3) is 11.1 Å². The Balaban J connectivity index is 2.35. The summed E-state index contributed by atoms with van der Waals surface area (Å²) in [7, 11) is 0. The summed E-state index contributed by atoms with van der Waals surface area (Å²) in [6, 6.07) is 9.68. The first-order valence-corrected chi connectivity index (χ1v) is 6.79. The summed E-state index contributed by atoms with van der Waals surface area (Å²) >= 11 is 0. The number of benzene rings is 2. The van der Waals surface area contributed by atoms with Gasteiger partial charge in [-0.05, 0) is 24.1 Å². The van der Waals surface area contributed by atoms with E-state index in [2.05, 4.69) is 0 Å². The number of hydrogen-bond donors (Lipinski definition) is 1. The number of aliphatic carboxylic acids is 1. The molecule has 0 spiro atoms. The number of carbonyl (C=O) groups is 2. The van der Waals surface area contributed by atoms with Crippen molar-refractivity contribution in [3.05, 3.63) is 59.7 Å². The second-order valence-electron chi connectivity index (χ2n) is 4.81. The van der Waals surface area contributed by atoms with Crippen molar-refractivity contribution in [2.24, 2.45) is 0 Å². The van der Waals surface area contributed by atoms with Gasteiger partial charge in [0.05, 0.1) is 5.56 Å². The Morgan fingerprint density at radius 3 is 2.18 bits per heavy atom. The molecule has 0 saturated carbocycles. The monoisotopic (exact) mass is 304 g/mol. The van der Waals surface area contributed by atoms with E-state index >= 15 is 0 Å². The largest absolute Gasteiger partial charge is 0.481 e. The molecule has 2 aromatic carbocycles. The van der Waals surface area contributed by atoms with E-state index in [9.17, 15) is 18.4 Å². The van der Waals surface area contributed by atoms with Gasteiger partial charge in [0.1, 0.15) is 11.6 Å². The fourth-order valence-corrected chi connectivity index (χ4v) is 2.23. The molecule has 22 heavy (non-hydrogen) atoms. The van der Waals surface area contributed by atoms with Crippen LogP contribution in [0.15, 0.2) is 42.5 Å². The van der Waals surface area contributed by atoms with Crippen molar-refractivity contribution < 1.29 is 23.5 Å². The Kier molecular flexibility index (Phi) is 4.99. The van der Waals surface area contributed by atoms with Gasteiger partial charge in [-0.15, -0.1) is 0 Å². The van der Waals surface area contributed by atoms with Crippen LogP contribution in [0.5, 0.6) is 0 Å². The summed E-state index contributed by atoms with van der Waals surface area (Å²) in [4.78, 5) is 22.7. The number of ketones is 1. The number of carboxylic acids is 1. The molecule has 0 amide bonds. The van der Waals surface area contributed by atoms with Gasteiger partial charge in [0, 0.05) is 18.4 Å². The maximum atomic E-state index is 13.9. The smallest absolute Gasteiger partial charge is 0.303 e. The molecule has 114 valence electrons. The van der Waals surface area contributed by atoms with Crippen molar-refractivity contribution in [1.29, 1.82) is 0 Å². The lowest BCUT2D eigenvalue weighted by atomic mass is 9.94. The molecule has 0 radical (unpaired) electrons. The predicted octanol–water partition coefficient (Wildman–Crippen LogP) is 4.07. The first-order valence-electron chi connectivity index (χ1n) is 6.79. The molecule has 0 unspecified atom stereocenters. The molecule has 5 heteroatoms. The minimum absolute atomic E-state index is 0.0133. The van der Waals surface area contributed by atoms with Gasteiger partial charge in [0.15, 0.2) is 5.78 Å². The van der Waals surface area contributed by atoms with E-state index in [0.717, 1.165) is 12.1 Å². The molecule has 3 nitrogen and oxygen atoms in total. The first-order chi connectivity index (χ1) is 10.5. The summed E-state index contributed by atoms with van der Waals surface area (Å²) in [5.41, 5.74) is 0.125. The van der Waals surface area contributed by atoms with Gasteiger partial charge in [-0.3, -0.25) is 9.59 Å². The third kappa shape index (κ3) is 3.55. The average molecular weight is 304 g/mol. The normalized spacial score (nSPS) is 10.5. The molecular formula is C17H14F2O3. The van der Waals surface area contributed by atoms with Gasteiger partial charge in [-0.2, -0.15) is 0 Å². The zero-order valence-electron chi connectivity index (χ0n) is 11.7. The van der Waals surface area contributed by atoms with Crippen molar-refractivity contribution >= 4 is 11.8 Å². The van der Waals surface area contributed by atoms with Gasteiger partial charge in [-0.1, -0.05) is 30.3 Å². The summed E-state index contributed by atoms with van der Waals surface area (Å²) < 4.78 is 27.8. The average Bonchev–Trinajstić information content (AvgIpc) is 2.47. The van der Waals surface area contributed by atoms with Crippen LogP contribution >= 0.6 is 0 Å². The van der Waals surface area contributed by atoms with E-state index in [1.54, 1.807) is 12.1 Å². The summed E-state index contributed by atoms with van der Waals surface area (Å²) in [6.07, 6.45) is 0.0730. The molecule has 0 saturated heterocycles. The molecule has 0 aliphatic carbocycles. The lowest BCUT2D eigenvalue weighted by molar-refractivity contribution is -0.137. The maximum Gasteiger partial charge on any atom is 0.303 e. The van der Waals surface area contributed by atoms with Crippen molar-refractivity contribution in [2.75, 3.05) is 0 Å². The maximum absolute atomic E-state index is 13.9. The number of carbonyl (C=O) groups excluding carboxylic acids is 1. The molecule has 0 atom stereocenters. The molecular weight excluding hydrogens is 290 g/mol. The zero-order valence-corrected chi connectivity index (χ0v) is 11.7. The predicted molar refractivity (Wildman–Crippen MR) is 77.6 cm³/mol. The van der Waals surface area contributed by atoms with E-state index in [4.69, 9.17) is 5.11 Å². The van der Waals surface area contributed by atoms with Crippen LogP contribution in [0.1, 0.15) is 29.6 Å². The van der Waals surface area contributed by atoms with Gasteiger partial charge < -0.3 is 5.11 Å². The van der Waals surface area contributed by atoms with Crippen LogP contribution < -0.4 is 0 Å². The molecule has 0 aromatic heterocycles. The topological polar surface area (TPSA) is 54.4 Å². The van der Waals surface area contributed by atoms with E-state index < -0.39 is 17.6 Å². The number of rotatable bonds is 6. The molecule has 0 bridgehead atoms. The highest BCUT2D eigenvalue weighted by molar-refractivity contribution is 6.02. The van der Waals surface area contributed by atoms with E-state index in [-0.39, 0.29) is 41.7 Å². The lowest BCUT2D eigenvalue weighted by Crippen LogP contribution is -2.05. The van der Waals surface area contributed by atoms with Gasteiger partial charge in [-0.25, -0.2) is 8.78 Å². The highest BCUT2D eigenvalue weighted by Crippen LogP contribution is 2.29. The summed E-state index contributed by atoms with van der Waals surface area (Å²) in [6.45, 7) is 0. The molecule has 2 aromatic rings. The van der Waals surface area contributed by atoms with Crippen LogP contribution in [0, 0.1) is 11.6 Å². The molecule has 0 aliphatic rings. The fraction of sp³-hybridized carbons (Fsp3) is 0.176. The SMILES string of the molecule is O=C(O)CCCC(=O)c1ccccc1-c1c(F)cccc1F. The van der Waals surface area contributed by atoms with Crippen LogP contribution in [-0.2, 0) is 4.79 Å². The zero-order chi connectivity index (χ0) is 16.1. The summed E-state index contributed by atoms with van der Waals surface area (Å²) in [5, 5.41) is 8.59. The molecule has 2 rings (SSSR count). The summed E-state index contributed by atoms with van der Waals surface area (Å²) in [5.74, 6) is -2.81. The van der Waals surface area contributed by atoms with Crippen molar-refractivity contribution in [3.8, 4) is 11.1 Å². The van der Waals surface area contributed by atoms with Crippen LogP contribution in [0.4, 0.5) is 8.78 Å². The Morgan fingerprint density at radius 2 is 1.55 bits per heavy atom. The van der Waals surface area contributed by atoms with Crippen molar-refractivity contribution in [3.63, 3.8) is 0 Å². The van der Waals surface area contributed by atoms with Crippen LogP contribution in [-0.4, -0.2) is 16.9 Å². The van der Waals surface area contributed by atoms with Crippen LogP contribution in [0.3, 0.4) is 0 Å². The lowest BCUT2D eigenvalue weighted by Gasteiger charge is -2.10. The third-order valence-electron chi connectivity index (χ3n) is 3.25. The Morgan fingerprint density at radius 1 is 0.909 bits per heavy atom. The third-order valence-corrected chi connectivity index (χ3v) is 3.25. The molecule has 0 aliphatic heterocycles. The number of hydrogen-bond acceptors (Lipinski definition) is 2. The van der Waals surface area contributed by atoms with E-state index in [1.807, 2.05) is 0 Å². The number of halogens is 2. The number of Topliss-reactive ketones (excluding diaryl/α,β-unsaturated/α-hetero) is 1. The van der Waals surface area contributed by atoms with Crippen molar-refractivity contribution in [2.45, 2.75) is 19.3 Å². The number of carboxylic acid groups (broad SMARTS) is 1. The molecule has 0 fully saturated rings. The Bertz CT molecular complexity index is 691. The second-order valence-corrected chi connectivity index (χ2v) is 4.81. The standard InChI is InChI=1S/C17H14F2O3/c18-13-7-3-8-14(19)17(13)12-6-2-1-5-11(12)15(20)9-4-10-16(21)22/h1-3,5-8H,4,9-10H2,(H,21,22). The quantitative estimate of drug-likeness (QED) is 0.818. The van der Waals surface area contributed by atoms with Crippen LogP contribution in [0.2, 0.25) is 0 Å². The highest BCUT2D eigenvalue weighted by atomic mass is 19.1. The van der Waals surface area contributed by atoms with Gasteiger partial charge >= 0.3 is 5.97 Å². The second kappa shape index (κ2) is 6.93. The Labute approximate surface area is 126 Å². The van der Waals surface area contributed by atoms with E-state index in [1.165, 1.54) is 18.2 Å². The van der Waals surface area contributed by atoms with Gasteiger partial charge in [0.2, 0.25) is 0 Å². The van der Waals surface area contributed by atoms with Gasteiger partial charge in [0.25, 0.3) is 0 Å². The minimum Gasteiger partial charge on any atom is -0.481 e. The highest BCUT2D eigenvalue weighted by Gasteiger charge is 2.18.